The summed E-state index contributed by atoms with van der Waals surface area (Å²) in [6, 6.07) is 0. The summed E-state index contributed by atoms with van der Waals surface area (Å²) in [5.41, 5.74) is 0.310. The fourth-order valence-electron chi connectivity index (χ4n) is 2.36. The van der Waals surface area contributed by atoms with Crippen molar-refractivity contribution >= 4 is 5.78 Å². The average molecular weight is 250 g/mol. The third kappa shape index (κ3) is 2.78. The molecule has 0 spiro atoms. The van der Waals surface area contributed by atoms with Gasteiger partial charge in [0.1, 0.15) is 0 Å². The third-order valence-corrected chi connectivity index (χ3v) is 3.33. The SMILES string of the molecule is COc1cnc(C(=O)CC2CCCC2)c(OC)n1. The van der Waals surface area contributed by atoms with Gasteiger partial charge in [-0.25, -0.2) is 4.98 Å². The monoisotopic (exact) mass is 250 g/mol. The highest BCUT2D eigenvalue weighted by atomic mass is 16.5. The normalized spacial score (nSPS) is 15.7. The van der Waals surface area contributed by atoms with Crippen molar-refractivity contribution in [1.29, 1.82) is 0 Å². The van der Waals surface area contributed by atoms with Gasteiger partial charge in [-0.05, 0) is 5.92 Å². The first-order valence-electron chi connectivity index (χ1n) is 6.22. The maximum Gasteiger partial charge on any atom is 0.246 e. The van der Waals surface area contributed by atoms with Gasteiger partial charge in [0.05, 0.1) is 20.4 Å². The molecule has 0 N–H and O–H groups in total. The Morgan fingerprint density at radius 2 is 2.06 bits per heavy atom. The second kappa shape index (κ2) is 5.80. The topological polar surface area (TPSA) is 61.3 Å². The molecule has 1 aromatic rings. The molecule has 18 heavy (non-hydrogen) atoms. The van der Waals surface area contributed by atoms with Gasteiger partial charge in [0, 0.05) is 6.42 Å². The van der Waals surface area contributed by atoms with Crippen LogP contribution in [-0.4, -0.2) is 30.0 Å². The predicted octanol–water partition coefficient (Wildman–Crippen LogP) is 2.26. The number of methoxy groups -OCH3 is 2. The van der Waals surface area contributed by atoms with Crippen LogP contribution in [0.1, 0.15) is 42.6 Å². The second-order valence-corrected chi connectivity index (χ2v) is 4.55. The zero-order chi connectivity index (χ0) is 13.0. The van der Waals surface area contributed by atoms with E-state index >= 15 is 0 Å². The maximum absolute atomic E-state index is 12.2. The molecule has 0 radical (unpaired) electrons. The number of ether oxygens (including phenoxy) is 2. The van der Waals surface area contributed by atoms with Gasteiger partial charge < -0.3 is 9.47 Å². The van der Waals surface area contributed by atoms with Gasteiger partial charge in [-0.1, -0.05) is 25.7 Å². The predicted molar refractivity (Wildman–Crippen MR) is 66.0 cm³/mol. The minimum Gasteiger partial charge on any atom is -0.480 e. The molecule has 0 amide bonds. The van der Waals surface area contributed by atoms with Crippen LogP contribution < -0.4 is 9.47 Å². The zero-order valence-electron chi connectivity index (χ0n) is 10.8. The van der Waals surface area contributed by atoms with Crippen molar-refractivity contribution in [3.63, 3.8) is 0 Å². The Hall–Kier alpha value is -1.65. The Labute approximate surface area is 107 Å². The molecule has 1 aliphatic rings. The van der Waals surface area contributed by atoms with Crippen molar-refractivity contribution in [1.82, 2.24) is 9.97 Å². The Morgan fingerprint density at radius 3 is 2.67 bits per heavy atom. The van der Waals surface area contributed by atoms with Crippen molar-refractivity contribution in [2.24, 2.45) is 5.92 Å². The summed E-state index contributed by atoms with van der Waals surface area (Å²) in [5, 5.41) is 0. The highest BCUT2D eigenvalue weighted by Crippen LogP contribution is 2.29. The minimum absolute atomic E-state index is 0.00824. The Kier molecular flexibility index (Phi) is 4.12. The van der Waals surface area contributed by atoms with Gasteiger partial charge in [-0.2, -0.15) is 4.98 Å². The number of ketones is 1. The Balaban J connectivity index is 2.13. The smallest absolute Gasteiger partial charge is 0.246 e. The third-order valence-electron chi connectivity index (χ3n) is 3.33. The first kappa shape index (κ1) is 12.8. The molecule has 98 valence electrons. The lowest BCUT2D eigenvalue weighted by atomic mass is 9.99. The van der Waals surface area contributed by atoms with Crippen molar-refractivity contribution in [2.75, 3.05) is 14.2 Å². The fourth-order valence-corrected chi connectivity index (χ4v) is 2.36. The van der Waals surface area contributed by atoms with E-state index < -0.39 is 0 Å². The van der Waals surface area contributed by atoms with Gasteiger partial charge in [-0.15, -0.1) is 0 Å². The lowest BCUT2D eigenvalue weighted by molar-refractivity contribution is 0.0953. The van der Waals surface area contributed by atoms with Gasteiger partial charge in [0.2, 0.25) is 11.8 Å². The molecular formula is C13H18N2O3. The molecule has 1 fully saturated rings. The molecule has 1 aliphatic carbocycles. The summed E-state index contributed by atoms with van der Waals surface area (Å²) in [6.45, 7) is 0. The molecule has 1 aromatic heterocycles. The summed E-state index contributed by atoms with van der Waals surface area (Å²) in [7, 11) is 2.99. The standard InChI is InChI=1S/C13H18N2O3/c1-17-11-8-14-12(13(15-11)18-2)10(16)7-9-5-3-4-6-9/h8-9H,3-7H2,1-2H3. The molecule has 5 nitrogen and oxygen atoms in total. The van der Waals surface area contributed by atoms with E-state index in [0.29, 0.717) is 23.9 Å². The number of carbonyl (C=O) groups excluding carboxylic acids is 1. The number of Topliss-reactive ketones (excluding diaryl/α,β-unsaturated/α-hetero) is 1. The average Bonchev–Trinajstić information content (AvgIpc) is 2.90. The highest BCUT2D eigenvalue weighted by Gasteiger charge is 2.23. The van der Waals surface area contributed by atoms with Crippen LogP contribution in [0.5, 0.6) is 11.8 Å². The summed E-state index contributed by atoms with van der Waals surface area (Å²) >= 11 is 0. The lowest BCUT2D eigenvalue weighted by Gasteiger charge is -2.10. The number of nitrogens with zero attached hydrogens (tertiary/aromatic N) is 2. The van der Waals surface area contributed by atoms with Crippen LogP contribution in [0.4, 0.5) is 0 Å². The van der Waals surface area contributed by atoms with E-state index in [1.165, 1.54) is 33.3 Å². The zero-order valence-corrected chi connectivity index (χ0v) is 10.8. The van der Waals surface area contributed by atoms with E-state index in [2.05, 4.69) is 9.97 Å². The van der Waals surface area contributed by atoms with Gasteiger partial charge >= 0.3 is 0 Å². The van der Waals surface area contributed by atoms with E-state index in [4.69, 9.17) is 9.47 Å². The maximum atomic E-state index is 12.2. The number of aromatic nitrogens is 2. The van der Waals surface area contributed by atoms with Crippen molar-refractivity contribution in [3.05, 3.63) is 11.9 Å². The number of hydrogen-bond donors (Lipinski definition) is 0. The number of carbonyl (C=O) groups is 1. The van der Waals surface area contributed by atoms with Crippen LogP contribution >= 0.6 is 0 Å². The molecule has 0 bridgehead atoms. The molecule has 0 unspecified atom stereocenters. The first-order chi connectivity index (χ1) is 8.74. The molecule has 0 atom stereocenters. The molecule has 2 rings (SSSR count). The fraction of sp³-hybridized carbons (Fsp3) is 0.615. The summed E-state index contributed by atoms with van der Waals surface area (Å²) < 4.78 is 10.1. The number of rotatable bonds is 5. The molecule has 0 aromatic carbocycles. The minimum atomic E-state index is 0.00824. The van der Waals surface area contributed by atoms with E-state index in [9.17, 15) is 4.79 Å². The molecule has 0 saturated heterocycles. The van der Waals surface area contributed by atoms with Crippen LogP contribution in [0.2, 0.25) is 0 Å². The van der Waals surface area contributed by atoms with Crippen LogP contribution in [0.25, 0.3) is 0 Å². The van der Waals surface area contributed by atoms with Crippen LogP contribution in [0.15, 0.2) is 6.20 Å². The van der Waals surface area contributed by atoms with Gasteiger partial charge in [0.15, 0.2) is 11.5 Å². The summed E-state index contributed by atoms with van der Waals surface area (Å²) in [5.74, 6) is 1.10. The molecule has 1 saturated carbocycles. The molecule has 1 heterocycles. The molecule has 0 aliphatic heterocycles. The van der Waals surface area contributed by atoms with E-state index in [1.54, 1.807) is 0 Å². The quantitative estimate of drug-likeness (QED) is 0.750. The van der Waals surface area contributed by atoms with E-state index in [1.807, 2.05) is 0 Å². The van der Waals surface area contributed by atoms with Crippen LogP contribution in [0, 0.1) is 5.92 Å². The van der Waals surface area contributed by atoms with Gasteiger partial charge in [-0.3, -0.25) is 4.79 Å². The van der Waals surface area contributed by atoms with Crippen LogP contribution in [-0.2, 0) is 0 Å². The van der Waals surface area contributed by atoms with Crippen molar-refractivity contribution in [3.8, 4) is 11.8 Å². The lowest BCUT2D eigenvalue weighted by Crippen LogP contribution is -2.11. The summed E-state index contributed by atoms with van der Waals surface area (Å²) in [4.78, 5) is 20.3. The summed E-state index contributed by atoms with van der Waals surface area (Å²) in [6.07, 6.45) is 6.71. The largest absolute Gasteiger partial charge is 0.480 e. The second-order valence-electron chi connectivity index (χ2n) is 4.55. The van der Waals surface area contributed by atoms with Crippen LogP contribution in [0.3, 0.4) is 0 Å². The molecular weight excluding hydrogens is 232 g/mol. The van der Waals surface area contributed by atoms with Crippen molar-refractivity contribution < 1.29 is 14.3 Å². The Bertz CT molecular complexity index is 428. The van der Waals surface area contributed by atoms with Crippen molar-refractivity contribution in [2.45, 2.75) is 32.1 Å². The number of hydrogen-bond acceptors (Lipinski definition) is 5. The Morgan fingerprint density at radius 1 is 1.33 bits per heavy atom. The highest BCUT2D eigenvalue weighted by molar-refractivity contribution is 5.96. The van der Waals surface area contributed by atoms with Gasteiger partial charge in [0.25, 0.3) is 0 Å². The first-order valence-corrected chi connectivity index (χ1v) is 6.22. The van der Waals surface area contributed by atoms with E-state index in [0.717, 1.165) is 12.8 Å². The van der Waals surface area contributed by atoms with E-state index in [-0.39, 0.29) is 11.7 Å². The molecule has 5 heteroatoms.